The van der Waals surface area contributed by atoms with E-state index in [9.17, 15) is 0 Å². The van der Waals surface area contributed by atoms with Gasteiger partial charge in [-0.3, -0.25) is 0 Å². The van der Waals surface area contributed by atoms with Crippen molar-refractivity contribution in [1.82, 2.24) is 0 Å². The minimum atomic E-state index is -3.03. The van der Waals surface area contributed by atoms with E-state index in [1.54, 1.807) is 0 Å². The van der Waals surface area contributed by atoms with Gasteiger partial charge in [0.2, 0.25) is 0 Å². The van der Waals surface area contributed by atoms with Crippen LogP contribution in [0, 0.1) is 11.8 Å². The molecule has 0 aliphatic carbocycles. The van der Waals surface area contributed by atoms with E-state index in [4.69, 9.17) is 30.6 Å². The molecule has 0 heterocycles. The van der Waals surface area contributed by atoms with Gasteiger partial charge in [0.05, 0.1) is 12.5 Å². The Labute approximate surface area is 75.7 Å². The quantitative estimate of drug-likeness (QED) is 0.255. The third-order valence-corrected chi connectivity index (χ3v) is 2.00. The van der Waals surface area contributed by atoms with Crippen LogP contribution >= 0.6 is 0 Å². The SMILES string of the molecule is OCCC(CO)C(CO)C(O)(O)O. The zero-order valence-corrected chi connectivity index (χ0v) is 7.17. The van der Waals surface area contributed by atoms with Crippen LogP contribution in [0.25, 0.3) is 0 Å². The van der Waals surface area contributed by atoms with Crippen LogP contribution in [0.1, 0.15) is 6.42 Å². The molecule has 0 bridgehead atoms. The van der Waals surface area contributed by atoms with Crippen molar-refractivity contribution in [3.05, 3.63) is 0 Å². The molecule has 0 spiro atoms. The monoisotopic (exact) mass is 196 g/mol. The van der Waals surface area contributed by atoms with Gasteiger partial charge in [-0.1, -0.05) is 0 Å². The maximum atomic E-state index is 8.77. The van der Waals surface area contributed by atoms with Crippen molar-refractivity contribution >= 4 is 0 Å². The first-order valence-corrected chi connectivity index (χ1v) is 3.97. The van der Waals surface area contributed by atoms with Crippen molar-refractivity contribution in [3.63, 3.8) is 0 Å². The van der Waals surface area contributed by atoms with E-state index in [-0.39, 0.29) is 13.0 Å². The lowest BCUT2D eigenvalue weighted by Crippen LogP contribution is -2.45. The number of rotatable bonds is 6. The lowest BCUT2D eigenvalue weighted by Gasteiger charge is -2.30. The molecule has 80 valence electrons. The van der Waals surface area contributed by atoms with Crippen molar-refractivity contribution in [2.75, 3.05) is 19.8 Å². The molecule has 0 aromatic heterocycles. The van der Waals surface area contributed by atoms with Crippen molar-refractivity contribution < 1.29 is 30.6 Å². The van der Waals surface area contributed by atoms with E-state index in [2.05, 4.69) is 0 Å². The molecule has 0 aliphatic heterocycles. The molecule has 0 saturated carbocycles. The van der Waals surface area contributed by atoms with Gasteiger partial charge in [-0.15, -0.1) is 0 Å². The smallest absolute Gasteiger partial charge is 0.280 e. The van der Waals surface area contributed by atoms with Gasteiger partial charge in [-0.2, -0.15) is 0 Å². The molecule has 6 N–H and O–H groups in total. The lowest BCUT2D eigenvalue weighted by atomic mass is 9.89. The predicted octanol–water partition coefficient (Wildman–Crippen LogP) is -2.78. The number of hydrogen-bond acceptors (Lipinski definition) is 6. The van der Waals surface area contributed by atoms with Crippen LogP contribution in [0.2, 0.25) is 0 Å². The summed E-state index contributed by atoms with van der Waals surface area (Å²) in [4.78, 5) is 0. The third-order valence-electron chi connectivity index (χ3n) is 2.00. The van der Waals surface area contributed by atoms with E-state index >= 15 is 0 Å². The Morgan fingerprint density at radius 2 is 1.46 bits per heavy atom. The first kappa shape index (κ1) is 12.8. The largest absolute Gasteiger partial charge is 0.396 e. The minimum Gasteiger partial charge on any atom is -0.396 e. The van der Waals surface area contributed by atoms with Gasteiger partial charge in [0.15, 0.2) is 0 Å². The molecular formula is C7H16O6. The van der Waals surface area contributed by atoms with Crippen LogP contribution in [-0.4, -0.2) is 56.4 Å². The molecular weight excluding hydrogens is 180 g/mol. The van der Waals surface area contributed by atoms with Crippen LogP contribution < -0.4 is 0 Å². The topological polar surface area (TPSA) is 121 Å². The second-order valence-corrected chi connectivity index (χ2v) is 2.93. The van der Waals surface area contributed by atoms with E-state index in [1.165, 1.54) is 0 Å². The van der Waals surface area contributed by atoms with Crippen LogP contribution in [0.15, 0.2) is 0 Å². The summed E-state index contributed by atoms with van der Waals surface area (Å²) in [6.07, 6.45) is 0.0746. The van der Waals surface area contributed by atoms with Gasteiger partial charge in [0.25, 0.3) is 5.97 Å². The maximum absolute atomic E-state index is 8.77. The van der Waals surface area contributed by atoms with Gasteiger partial charge >= 0.3 is 0 Å². The minimum absolute atomic E-state index is 0.0746. The summed E-state index contributed by atoms with van der Waals surface area (Å²) in [6.45, 7) is -1.40. The average molecular weight is 196 g/mol. The molecule has 0 radical (unpaired) electrons. The van der Waals surface area contributed by atoms with Gasteiger partial charge in [0.1, 0.15) is 0 Å². The summed E-state index contributed by atoms with van der Waals surface area (Å²) < 4.78 is 0. The Hall–Kier alpha value is -0.240. The predicted molar refractivity (Wildman–Crippen MR) is 42.2 cm³/mol. The highest BCUT2D eigenvalue weighted by Crippen LogP contribution is 2.23. The van der Waals surface area contributed by atoms with Gasteiger partial charge in [-0.25, -0.2) is 0 Å². The second kappa shape index (κ2) is 5.48. The van der Waals surface area contributed by atoms with E-state index in [0.29, 0.717) is 0 Å². The molecule has 0 aromatic carbocycles. The average Bonchev–Trinajstić information content (AvgIpc) is 2.01. The molecule has 0 amide bonds. The molecule has 0 saturated heterocycles. The molecule has 0 aromatic rings. The molecule has 0 aliphatic rings. The molecule has 0 fully saturated rings. The summed E-state index contributed by atoms with van der Waals surface area (Å²) in [5.74, 6) is -5.07. The van der Waals surface area contributed by atoms with Gasteiger partial charge < -0.3 is 30.6 Å². The molecule has 6 nitrogen and oxygen atoms in total. The number of hydrogen-bond donors (Lipinski definition) is 6. The summed E-state index contributed by atoms with van der Waals surface area (Å²) in [6, 6.07) is 0. The molecule has 13 heavy (non-hydrogen) atoms. The summed E-state index contributed by atoms with van der Waals surface area (Å²) >= 11 is 0. The maximum Gasteiger partial charge on any atom is 0.280 e. The number of aliphatic hydroxyl groups excluding tert-OH is 3. The molecule has 0 rings (SSSR count). The van der Waals surface area contributed by atoms with Crippen LogP contribution in [0.5, 0.6) is 0 Å². The normalized spacial score (nSPS) is 17.1. The highest BCUT2D eigenvalue weighted by molar-refractivity contribution is 4.74. The first-order chi connectivity index (χ1) is 5.97. The molecule has 2 atom stereocenters. The van der Waals surface area contributed by atoms with Crippen molar-refractivity contribution in [3.8, 4) is 0 Å². The fraction of sp³-hybridized carbons (Fsp3) is 1.00. The van der Waals surface area contributed by atoms with E-state index in [1.807, 2.05) is 0 Å². The Kier molecular flexibility index (Phi) is 5.38. The number of aliphatic hydroxyl groups is 6. The van der Waals surface area contributed by atoms with Crippen LogP contribution in [0.4, 0.5) is 0 Å². The molecule has 6 heteroatoms. The van der Waals surface area contributed by atoms with Crippen LogP contribution in [-0.2, 0) is 0 Å². The van der Waals surface area contributed by atoms with Gasteiger partial charge in [0, 0.05) is 13.2 Å². The zero-order valence-electron chi connectivity index (χ0n) is 7.17. The summed E-state index contributed by atoms with van der Waals surface area (Å²) in [7, 11) is 0. The Bertz CT molecular complexity index is 131. The summed E-state index contributed by atoms with van der Waals surface area (Å²) in [5.41, 5.74) is 0. The van der Waals surface area contributed by atoms with Crippen LogP contribution in [0.3, 0.4) is 0 Å². The van der Waals surface area contributed by atoms with Gasteiger partial charge in [-0.05, 0) is 12.3 Å². The van der Waals surface area contributed by atoms with Crippen molar-refractivity contribution in [2.45, 2.75) is 12.4 Å². The van der Waals surface area contributed by atoms with Crippen molar-refractivity contribution in [1.29, 1.82) is 0 Å². The fourth-order valence-electron chi connectivity index (χ4n) is 1.17. The van der Waals surface area contributed by atoms with E-state index < -0.39 is 31.0 Å². The molecule has 2 unspecified atom stereocenters. The van der Waals surface area contributed by atoms with Crippen molar-refractivity contribution in [2.24, 2.45) is 11.8 Å². The second-order valence-electron chi connectivity index (χ2n) is 2.93. The highest BCUT2D eigenvalue weighted by atomic mass is 16.7. The third kappa shape index (κ3) is 3.99. The zero-order chi connectivity index (χ0) is 10.5. The Balaban J connectivity index is 4.34. The Morgan fingerprint density at radius 1 is 0.923 bits per heavy atom. The lowest BCUT2D eigenvalue weighted by molar-refractivity contribution is -0.355. The standard InChI is InChI=1S/C7H16O6/c8-2-1-5(3-9)6(4-10)7(11,12)13/h5-6,8-13H,1-4H2. The first-order valence-electron chi connectivity index (χ1n) is 3.97. The Morgan fingerprint density at radius 3 is 1.69 bits per heavy atom. The summed E-state index contributed by atoms with van der Waals surface area (Å²) in [5, 5.41) is 52.3. The fourth-order valence-corrected chi connectivity index (χ4v) is 1.17. The highest BCUT2D eigenvalue weighted by Gasteiger charge is 2.37. The van der Waals surface area contributed by atoms with E-state index in [0.717, 1.165) is 0 Å².